The van der Waals surface area contributed by atoms with Gasteiger partial charge in [-0.1, -0.05) is 13.8 Å². The summed E-state index contributed by atoms with van der Waals surface area (Å²) in [6.07, 6.45) is 2.25. The zero-order valence-electron chi connectivity index (χ0n) is 13.5. The maximum absolute atomic E-state index is 12.2. The fraction of sp³-hybridized carbons (Fsp3) is 0.867. The standard InChI is InChI=1S/C15H28N4O2/c1-4-17(5-2)12(3)10-16-15(21)18-8-9-19(13-6-7-13)14(20)11-18/h12-13H,4-11H2,1-3H3,(H,16,21)/t12-/m0/s1. The number of likely N-dealkylation sites (N-methyl/N-ethyl adjacent to an activating group) is 1. The van der Waals surface area contributed by atoms with Gasteiger partial charge in [-0.05, 0) is 32.9 Å². The molecule has 2 aliphatic rings. The van der Waals surface area contributed by atoms with Crippen LogP contribution >= 0.6 is 0 Å². The Labute approximate surface area is 127 Å². The summed E-state index contributed by atoms with van der Waals surface area (Å²) in [7, 11) is 0. The number of nitrogens with one attached hydrogen (secondary N) is 1. The van der Waals surface area contributed by atoms with Gasteiger partial charge in [-0.15, -0.1) is 0 Å². The number of hydrogen-bond acceptors (Lipinski definition) is 3. The summed E-state index contributed by atoms with van der Waals surface area (Å²) in [6.45, 7) is 10.5. The molecular formula is C15H28N4O2. The molecule has 2 rings (SSSR count). The van der Waals surface area contributed by atoms with E-state index in [-0.39, 0.29) is 18.5 Å². The van der Waals surface area contributed by atoms with Gasteiger partial charge in [0.15, 0.2) is 0 Å². The van der Waals surface area contributed by atoms with Crippen LogP contribution in [0.15, 0.2) is 0 Å². The molecule has 0 aromatic heterocycles. The van der Waals surface area contributed by atoms with Crippen LogP contribution in [-0.4, -0.2) is 78.0 Å². The average Bonchev–Trinajstić information content (AvgIpc) is 3.30. The molecule has 120 valence electrons. The van der Waals surface area contributed by atoms with E-state index in [4.69, 9.17) is 0 Å². The van der Waals surface area contributed by atoms with Crippen LogP contribution in [0.2, 0.25) is 0 Å². The van der Waals surface area contributed by atoms with Gasteiger partial charge in [-0.3, -0.25) is 9.69 Å². The van der Waals surface area contributed by atoms with Gasteiger partial charge in [-0.2, -0.15) is 0 Å². The summed E-state index contributed by atoms with van der Waals surface area (Å²) < 4.78 is 0. The maximum Gasteiger partial charge on any atom is 0.317 e. The molecule has 0 aromatic rings. The topological polar surface area (TPSA) is 55.9 Å². The molecule has 0 unspecified atom stereocenters. The molecule has 1 aliphatic heterocycles. The van der Waals surface area contributed by atoms with E-state index in [9.17, 15) is 9.59 Å². The molecule has 1 N–H and O–H groups in total. The molecule has 1 saturated heterocycles. The van der Waals surface area contributed by atoms with Gasteiger partial charge in [0.05, 0.1) is 0 Å². The lowest BCUT2D eigenvalue weighted by Crippen LogP contribution is -2.56. The second-order valence-corrected chi connectivity index (χ2v) is 6.00. The number of piperazine rings is 1. The van der Waals surface area contributed by atoms with Gasteiger partial charge in [0.2, 0.25) is 5.91 Å². The van der Waals surface area contributed by atoms with Crippen molar-refractivity contribution in [2.75, 3.05) is 39.3 Å². The molecule has 0 bridgehead atoms. The predicted molar refractivity (Wildman–Crippen MR) is 82.1 cm³/mol. The van der Waals surface area contributed by atoms with Crippen molar-refractivity contribution < 1.29 is 9.59 Å². The van der Waals surface area contributed by atoms with Crippen LogP contribution in [0.1, 0.15) is 33.6 Å². The molecule has 1 atom stereocenters. The van der Waals surface area contributed by atoms with Crippen LogP contribution in [0.4, 0.5) is 4.79 Å². The van der Waals surface area contributed by atoms with Crippen molar-refractivity contribution in [1.29, 1.82) is 0 Å². The van der Waals surface area contributed by atoms with Crippen molar-refractivity contribution in [2.45, 2.75) is 45.7 Å². The molecule has 1 heterocycles. The normalized spacial score (nSPS) is 20.9. The van der Waals surface area contributed by atoms with E-state index >= 15 is 0 Å². The minimum atomic E-state index is -0.113. The number of nitrogens with zero attached hydrogens (tertiary/aromatic N) is 3. The summed E-state index contributed by atoms with van der Waals surface area (Å²) >= 11 is 0. The predicted octanol–water partition coefficient (Wildman–Crippen LogP) is 0.733. The summed E-state index contributed by atoms with van der Waals surface area (Å²) in [5, 5.41) is 2.96. The van der Waals surface area contributed by atoms with Crippen molar-refractivity contribution >= 4 is 11.9 Å². The van der Waals surface area contributed by atoms with Crippen molar-refractivity contribution in [2.24, 2.45) is 0 Å². The highest BCUT2D eigenvalue weighted by molar-refractivity contribution is 5.85. The minimum absolute atomic E-state index is 0.0932. The molecule has 6 heteroatoms. The molecule has 0 spiro atoms. The first-order chi connectivity index (χ1) is 10.1. The van der Waals surface area contributed by atoms with E-state index in [0.717, 1.165) is 25.9 Å². The number of carbonyl (C=O) groups excluding carboxylic acids is 2. The van der Waals surface area contributed by atoms with Gasteiger partial charge in [0.1, 0.15) is 6.54 Å². The van der Waals surface area contributed by atoms with E-state index in [2.05, 4.69) is 31.0 Å². The Balaban J connectivity index is 1.75. The highest BCUT2D eigenvalue weighted by atomic mass is 16.2. The van der Waals surface area contributed by atoms with E-state index < -0.39 is 0 Å². The Morgan fingerprint density at radius 3 is 2.52 bits per heavy atom. The highest BCUT2D eigenvalue weighted by Gasteiger charge is 2.36. The number of amides is 3. The summed E-state index contributed by atoms with van der Waals surface area (Å²) in [5.41, 5.74) is 0. The van der Waals surface area contributed by atoms with Gasteiger partial charge < -0.3 is 15.1 Å². The van der Waals surface area contributed by atoms with Crippen LogP contribution in [0, 0.1) is 0 Å². The first kappa shape index (κ1) is 16.1. The van der Waals surface area contributed by atoms with Crippen molar-refractivity contribution in [3.8, 4) is 0 Å². The summed E-state index contributed by atoms with van der Waals surface area (Å²) in [4.78, 5) is 30.1. The second-order valence-electron chi connectivity index (χ2n) is 6.00. The lowest BCUT2D eigenvalue weighted by atomic mass is 10.2. The van der Waals surface area contributed by atoms with Gasteiger partial charge in [0, 0.05) is 31.7 Å². The Morgan fingerprint density at radius 2 is 2.00 bits per heavy atom. The van der Waals surface area contributed by atoms with Crippen LogP contribution in [0.5, 0.6) is 0 Å². The number of rotatable bonds is 6. The van der Waals surface area contributed by atoms with Gasteiger partial charge in [-0.25, -0.2) is 4.79 Å². The third-order valence-electron chi connectivity index (χ3n) is 4.52. The van der Waals surface area contributed by atoms with E-state index in [0.29, 0.717) is 31.7 Å². The molecule has 2 fully saturated rings. The Morgan fingerprint density at radius 1 is 1.33 bits per heavy atom. The third kappa shape index (κ3) is 4.09. The summed E-state index contributed by atoms with van der Waals surface area (Å²) in [5.74, 6) is 0.0932. The lowest BCUT2D eigenvalue weighted by Gasteiger charge is -2.35. The third-order valence-corrected chi connectivity index (χ3v) is 4.52. The SMILES string of the molecule is CCN(CC)[C@@H](C)CNC(=O)N1CCN(C2CC2)C(=O)C1. The van der Waals surface area contributed by atoms with E-state index in [1.807, 2.05) is 4.90 Å². The molecule has 1 aliphatic carbocycles. The fourth-order valence-electron chi connectivity index (χ4n) is 2.95. The van der Waals surface area contributed by atoms with Crippen molar-refractivity contribution in [1.82, 2.24) is 20.0 Å². The first-order valence-corrected chi connectivity index (χ1v) is 8.13. The number of hydrogen-bond donors (Lipinski definition) is 1. The van der Waals surface area contributed by atoms with E-state index in [1.54, 1.807) is 4.90 Å². The van der Waals surface area contributed by atoms with Crippen molar-refractivity contribution in [3.05, 3.63) is 0 Å². The Hall–Kier alpha value is -1.30. The first-order valence-electron chi connectivity index (χ1n) is 8.13. The van der Waals surface area contributed by atoms with Crippen LogP contribution in [-0.2, 0) is 4.79 Å². The second kappa shape index (κ2) is 7.11. The largest absolute Gasteiger partial charge is 0.336 e. The lowest BCUT2D eigenvalue weighted by molar-refractivity contribution is -0.135. The average molecular weight is 296 g/mol. The minimum Gasteiger partial charge on any atom is -0.336 e. The highest BCUT2D eigenvalue weighted by Crippen LogP contribution is 2.27. The molecule has 6 nitrogen and oxygen atoms in total. The number of carbonyl (C=O) groups is 2. The molecule has 0 radical (unpaired) electrons. The molecular weight excluding hydrogens is 268 g/mol. The zero-order chi connectivity index (χ0) is 15.4. The Bertz CT molecular complexity index is 380. The fourth-order valence-corrected chi connectivity index (χ4v) is 2.95. The van der Waals surface area contributed by atoms with Crippen LogP contribution in [0.25, 0.3) is 0 Å². The van der Waals surface area contributed by atoms with Crippen molar-refractivity contribution in [3.63, 3.8) is 0 Å². The zero-order valence-corrected chi connectivity index (χ0v) is 13.5. The maximum atomic E-state index is 12.2. The van der Waals surface area contributed by atoms with Crippen LogP contribution in [0.3, 0.4) is 0 Å². The molecule has 1 saturated carbocycles. The monoisotopic (exact) mass is 296 g/mol. The van der Waals surface area contributed by atoms with E-state index in [1.165, 1.54) is 0 Å². The molecule has 21 heavy (non-hydrogen) atoms. The Kier molecular flexibility index (Phi) is 5.45. The molecule has 0 aromatic carbocycles. The smallest absolute Gasteiger partial charge is 0.317 e. The van der Waals surface area contributed by atoms with Gasteiger partial charge >= 0.3 is 6.03 Å². The summed E-state index contributed by atoms with van der Waals surface area (Å²) in [6, 6.07) is 0.649. The number of urea groups is 1. The quantitative estimate of drug-likeness (QED) is 0.786. The molecule has 3 amide bonds. The van der Waals surface area contributed by atoms with Crippen LogP contribution < -0.4 is 5.32 Å². The van der Waals surface area contributed by atoms with Gasteiger partial charge in [0.25, 0.3) is 0 Å².